The number of carbonyl (C=O) groups excluding carboxylic acids is 3. The molecule has 234 valence electrons. The van der Waals surface area contributed by atoms with Gasteiger partial charge in [-0.25, -0.2) is 0 Å². The number of pyridine rings is 1. The van der Waals surface area contributed by atoms with Gasteiger partial charge in [-0.1, -0.05) is 33.0 Å². The second-order valence-corrected chi connectivity index (χ2v) is 11.2. The summed E-state index contributed by atoms with van der Waals surface area (Å²) in [5.74, 6) is -0.611. The number of hydrogen-bond donors (Lipinski definition) is 5. The quantitative estimate of drug-likeness (QED) is 0.0293. The van der Waals surface area contributed by atoms with Gasteiger partial charge >= 0.3 is 5.97 Å². The second-order valence-electron chi connectivity index (χ2n) is 9.58. The molecule has 2 amide bonds. The number of amides is 2. The summed E-state index contributed by atoms with van der Waals surface area (Å²) >= 11 is 9.07. The van der Waals surface area contributed by atoms with Crippen LogP contribution in [0.1, 0.15) is 65.7 Å². The molecule has 0 aliphatic heterocycles. The van der Waals surface area contributed by atoms with E-state index in [4.69, 9.17) is 19.3 Å². The van der Waals surface area contributed by atoms with Crippen molar-refractivity contribution in [3.8, 4) is 0 Å². The van der Waals surface area contributed by atoms with E-state index in [2.05, 4.69) is 40.5 Å². The van der Waals surface area contributed by atoms with E-state index < -0.39 is 17.2 Å². The number of ether oxygens (including phenoxy) is 3. The number of thiol groups is 1. The third kappa shape index (κ3) is 21.8. The summed E-state index contributed by atoms with van der Waals surface area (Å²) < 4.78 is 16.0. The number of aromatic amines is 1. The van der Waals surface area contributed by atoms with Gasteiger partial charge in [0.25, 0.3) is 5.69 Å². The smallest absolute Gasteiger partial charge is 0.305 e. The molecule has 0 radical (unpaired) electrons. The Morgan fingerprint density at radius 1 is 1.15 bits per heavy atom. The Kier molecular flexibility index (Phi) is 20.7. The molecule has 4 N–H and O–H groups in total. The highest BCUT2D eigenvalue weighted by Gasteiger charge is 2.17. The van der Waals surface area contributed by atoms with Crippen LogP contribution in [0.2, 0.25) is 0 Å². The SMILES string of the molecule is CCC(CO)OC(COC(=O)CCCC(=O)NCCCNC(=O)CCC(C)(C)S)OC.O=[N+]([O-])c1ccc(=S)[nH]c1. The molecule has 1 rings (SSSR count). The molecule has 41 heavy (non-hydrogen) atoms. The molecular formula is C26H44N4O9S2. The number of H-pyrrole nitrogens is 1. The van der Waals surface area contributed by atoms with Gasteiger partial charge in [0, 0.05) is 50.3 Å². The van der Waals surface area contributed by atoms with Crippen LogP contribution in [0.5, 0.6) is 0 Å². The lowest BCUT2D eigenvalue weighted by Gasteiger charge is -2.21. The fourth-order valence-electron chi connectivity index (χ4n) is 2.93. The van der Waals surface area contributed by atoms with Gasteiger partial charge in [0.1, 0.15) is 11.2 Å². The fraction of sp³-hybridized carbons (Fsp3) is 0.692. The van der Waals surface area contributed by atoms with E-state index in [1.54, 1.807) is 0 Å². The molecule has 0 saturated carbocycles. The van der Waals surface area contributed by atoms with E-state index in [0.29, 0.717) is 49.8 Å². The number of aliphatic hydroxyl groups excluding tert-OH is 1. The van der Waals surface area contributed by atoms with Crippen molar-refractivity contribution in [3.05, 3.63) is 33.1 Å². The lowest BCUT2D eigenvalue weighted by Crippen LogP contribution is -2.31. The highest BCUT2D eigenvalue weighted by atomic mass is 32.1. The van der Waals surface area contributed by atoms with Crippen LogP contribution in [-0.4, -0.2) is 83.4 Å². The monoisotopic (exact) mass is 620 g/mol. The van der Waals surface area contributed by atoms with E-state index in [1.165, 1.54) is 25.4 Å². The number of nitrogens with one attached hydrogen (secondary N) is 3. The van der Waals surface area contributed by atoms with E-state index in [1.807, 2.05) is 20.8 Å². The van der Waals surface area contributed by atoms with Crippen LogP contribution in [-0.2, 0) is 28.6 Å². The number of rotatable bonds is 19. The number of hydrogen-bond acceptors (Lipinski definition) is 11. The van der Waals surface area contributed by atoms with Crippen molar-refractivity contribution >= 4 is 48.3 Å². The summed E-state index contributed by atoms with van der Waals surface area (Å²) in [6, 6.07) is 2.84. The molecule has 0 aliphatic carbocycles. The minimum absolute atomic E-state index is 0.0188. The first-order valence-corrected chi connectivity index (χ1v) is 14.2. The third-order valence-corrected chi connectivity index (χ3v) is 5.85. The summed E-state index contributed by atoms with van der Waals surface area (Å²) in [4.78, 5) is 47.4. The van der Waals surface area contributed by atoms with Crippen LogP contribution in [0.4, 0.5) is 5.69 Å². The standard InChI is InChI=1S/C21H40N2O7S.C5H4N2O2S/c1-5-16(14-24)30-20(28-4)15-29-19(27)9-6-8-17(25)22-12-7-13-23-18(26)10-11-21(2,3)31;8-7(9)4-1-2-5(10)6-3-4/h16,20,24,31H,5-15H2,1-4H3,(H,22,25)(H,23,26);1-3H,(H,6,10). The van der Waals surface area contributed by atoms with E-state index >= 15 is 0 Å². The highest BCUT2D eigenvalue weighted by molar-refractivity contribution is 7.81. The summed E-state index contributed by atoms with van der Waals surface area (Å²) in [6.07, 6.45) is 3.21. The van der Waals surface area contributed by atoms with E-state index in [9.17, 15) is 24.5 Å². The molecule has 0 bridgehead atoms. The minimum atomic E-state index is -0.741. The minimum Gasteiger partial charge on any atom is -0.460 e. The normalized spacial score (nSPS) is 12.3. The highest BCUT2D eigenvalue weighted by Crippen LogP contribution is 2.18. The van der Waals surface area contributed by atoms with Gasteiger partial charge in [-0.3, -0.25) is 24.5 Å². The Hall–Kier alpha value is -2.59. The second kappa shape index (κ2) is 22.1. The van der Waals surface area contributed by atoms with E-state index in [-0.39, 0.29) is 54.4 Å². The summed E-state index contributed by atoms with van der Waals surface area (Å²) in [5, 5.41) is 24.8. The van der Waals surface area contributed by atoms with Gasteiger partial charge in [-0.05, 0) is 31.7 Å². The molecule has 0 fully saturated rings. The average Bonchev–Trinajstić information content (AvgIpc) is 2.92. The number of carbonyl (C=O) groups is 3. The Labute approximate surface area is 251 Å². The third-order valence-electron chi connectivity index (χ3n) is 5.37. The Balaban J connectivity index is 0.00000133. The van der Waals surface area contributed by atoms with Crippen LogP contribution >= 0.6 is 24.8 Å². The van der Waals surface area contributed by atoms with Crippen molar-refractivity contribution in [3.63, 3.8) is 0 Å². The zero-order valence-corrected chi connectivity index (χ0v) is 25.9. The van der Waals surface area contributed by atoms with Crippen molar-refractivity contribution in [2.24, 2.45) is 0 Å². The molecule has 2 atom stereocenters. The average molecular weight is 621 g/mol. The first-order chi connectivity index (χ1) is 19.3. The fourth-order valence-corrected chi connectivity index (χ4v) is 3.17. The van der Waals surface area contributed by atoms with Crippen LogP contribution in [0, 0.1) is 14.8 Å². The van der Waals surface area contributed by atoms with Gasteiger partial charge in [-0.15, -0.1) is 0 Å². The van der Waals surface area contributed by atoms with Crippen molar-refractivity contribution in [1.82, 2.24) is 15.6 Å². The van der Waals surface area contributed by atoms with Crippen LogP contribution in [0.3, 0.4) is 0 Å². The largest absolute Gasteiger partial charge is 0.460 e. The Bertz CT molecular complexity index is 962. The summed E-state index contributed by atoms with van der Waals surface area (Å²) in [7, 11) is 1.43. The van der Waals surface area contributed by atoms with Gasteiger partial charge in [0.2, 0.25) is 11.8 Å². The molecule has 15 heteroatoms. The Morgan fingerprint density at radius 2 is 1.78 bits per heavy atom. The van der Waals surface area contributed by atoms with Crippen molar-refractivity contribution in [1.29, 1.82) is 0 Å². The topological polar surface area (TPSA) is 182 Å². The maximum Gasteiger partial charge on any atom is 0.305 e. The van der Waals surface area contributed by atoms with Gasteiger partial charge in [-0.2, -0.15) is 12.6 Å². The van der Waals surface area contributed by atoms with Crippen LogP contribution in [0.25, 0.3) is 0 Å². The molecule has 1 aromatic rings. The summed E-state index contributed by atoms with van der Waals surface area (Å²) in [6.45, 7) is 6.53. The predicted molar refractivity (Wildman–Crippen MR) is 159 cm³/mol. The number of aromatic nitrogens is 1. The van der Waals surface area contributed by atoms with Gasteiger partial charge in [0.05, 0.1) is 23.8 Å². The van der Waals surface area contributed by atoms with Crippen LogP contribution < -0.4 is 10.6 Å². The molecular weight excluding hydrogens is 576 g/mol. The number of nitrogens with zero attached hydrogens (tertiary/aromatic N) is 1. The first-order valence-electron chi connectivity index (χ1n) is 13.3. The maximum absolute atomic E-state index is 11.8. The molecule has 1 aromatic heterocycles. The van der Waals surface area contributed by atoms with Crippen molar-refractivity contribution in [2.45, 2.75) is 82.9 Å². The zero-order valence-electron chi connectivity index (χ0n) is 24.2. The summed E-state index contributed by atoms with van der Waals surface area (Å²) in [5.41, 5.74) is 0.0219. The van der Waals surface area contributed by atoms with Gasteiger partial charge in [0.15, 0.2) is 6.29 Å². The molecule has 0 saturated heterocycles. The predicted octanol–water partition coefficient (Wildman–Crippen LogP) is 3.22. The van der Waals surface area contributed by atoms with E-state index in [0.717, 1.165) is 0 Å². The number of nitro groups is 1. The molecule has 0 aromatic carbocycles. The molecule has 2 unspecified atom stereocenters. The molecule has 13 nitrogen and oxygen atoms in total. The van der Waals surface area contributed by atoms with Crippen molar-refractivity contribution in [2.75, 3.05) is 33.4 Å². The Morgan fingerprint density at radius 3 is 2.27 bits per heavy atom. The first kappa shape index (κ1) is 38.4. The molecule has 0 aliphatic rings. The number of aliphatic hydroxyl groups is 1. The zero-order chi connectivity index (χ0) is 31.3. The maximum atomic E-state index is 11.8. The molecule has 0 spiro atoms. The lowest BCUT2D eigenvalue weighted by atomic mass is 10.1. The van der Waals surface area contributed by atoms with Crippen molar-refractivity contribution < 1.29 is 38.6 Å². The molecule has 1 heterocycles. The number of esters is 1. The van der Waals surface area contributed by atoms with Crippen LogP contribution in [0.15, 0.2) is 18.3 Å². The lowest BCUT2D eigenvalue weighted by molar-refractivity contribution is -0.385. The van der Waals surface area contributed by atoms with Gasteiger partial charge < -0.3 is 34.9 Å². The number of methoxy groups -OCH3 is 1.